The van der Waals surface area contributed by atoms with E-state index in [0.717, 1.165) is 5.56 Å². The van der Waals surface area contributed by atoms with Crippen molar-refractivity contribution in [3.8, 4) is 17.4 Å². The number of rotatable bonds is 6. The van der Waals surface area contributed by atoms with Gasteiger partial charge in [0.25, 0.3) is 0 Å². The molecule has 3 rings (SSSR count). The Morgan fingerprint density at radius 1 is 1.08 bits per heavy atom. The fourth-order valence-electron chi connectivity index (χ4n) is 2.51. The first kappa shape index (κ1) is 17.0. The maximum Gasteiger partial charge on any atom is 0.387 e. The van der Waals surface area contributed by atoms with Crippen LogP contribution in [0.5, 0.6) is 17.4 Å². The third-order valence-corrected chi connectivity index (χ3v) is 3.66. The molecule has 0 N–H and O–H groups in total. The van der Waals surface area contributed by atoms with Crippen molar-refractivity contribution in [2.24, 2.45) is 4.99 Å². The van der Waals surface area contributed by atoms with Gasteiger partial charge in [0.05, 0.1) is 12.0 Å². The van der Waals surface area contributed by atoms with E-state index in [4.69, 9.17) is 9.47 Å². The van der Waals surface area contributed by atoms with Crippen LogP contribution in [0, 0.1) is 0 Å². The molecule has 0 saturated carbocycles. The van der Waals surface area contributed by atoms with Gasteiger partial charge in [-0.2, -0.15) is 8.78 Å². The lowest BCUT2D eigenvalue weighted by Crippen LogP contribution is -2.22. The van der Waals surface area contributed by atoms with E-state index in [1.165, 1.54) is 12.1 Å². The molecular weight excluding hydrogens is 330 g/mol. The lowest BCUT2D eigenvalue weighted by Gasteiger charge is -2.23. The summed E-state index contributed by atoms with van der Waals surface area (Å²) in [6.45, 7) is -2.86. The minimum atomic E-state index is -2.86. The van der Waals surface area contributed by atoms with Gasteiger partial charge >= 0.3 is 6.61 Å². The van der Waals surface area contributed by atoms with Gasteiger partial charge in [-0.15, -0.1) is 0 Å². The molecule has 0 spiro atoms. The Hall–Kier alpha value is -2.80. The van der Waals surface area contributed by atoms with Gasteiger partial charge in [0.1, 0.15) is 11.5 Å². The Morgan fingerprint density at radius 3 is 2.56 bits per heavy atom. The van der Waals surface area contributed by atoms with Crippen LogP contribution in [0.15, 0.2) is 59.9 Å². The maximum atomic E-state index is 12.2. The van der Waals surface area contributed by atoms with Gasteiger partial charge in [-0.05, 0) is 36.4 Å². The van der Waals surface area contributed by atoms with Crippen LogP contribution >= 0.6 is 0 Å². The van der Waals surface area contributed by atoms with Crippen molar-refractivity contribution < 1.29 is 23.0 Å². The summed E-state index contributed by atoms with van der Waals surface area (Å²) in [7, 11) is 1.62. The largest absolute Gasteiger partial charge is 0.439 e. The van der Waals surface area contributed by atoms with Crippen molar-refractivity contribution in [1.29, 1.82) is 0 Å². The highest BCUT2D eigenvalue weighted by molar-refractivity contribution is 5.72. The van der Waals surface area contributed by atoms with E-state index in [2.05, 4.69) is 14.7 Å². The number of halogens is 2. The molecule has 130 valence electrons. The van der Waals surface area contributed by atoms with Crippen LogP contribution < -0.4 is 9.47 Å². The molecule has 2 aromatic rings. The summed E-state index contributed by atoms with van der Waals surface area (Å²) in [4.78, 5) is 8.44. The summed E-state index contributed by atoms with van der Waals surface area (Å²) >= 11 is 0. The fraction of sp³-hybridized carbons (Fsp3) is 0.222. The zero-order chi connectivity index (χ0) is 17.6. The third-order valence-electron chi connectivity index (χ3n) is 3.66. The average molecular weight is 346 g/mol. The number of benzene rings is 1. The molecule has 1 aliphatic heterocycles. The smallest absolute Gasteiger partial charge is 0.387 e. The highest BCUT2D eigenvalue weighted by Crippen LogP contribution is 2.32. The van der Waals surface area contributed by atoms with Crippen LogP contribution in [0.25, 0.3) is 0 Å². The molecule has 0 fully saturated rings. The normalized spacial score (nSPS) is 19.2. The predicted molar refractivity (Wildman–Crippen MR) is 88.6 cm³/mol. The van der Waals surface area contributed by atoms with Gasteiger partial charge < -0.3 is 14.2 Å². The zero-order valence-corrected chi connectivity index (χ0v) is 13.4. The number of ether oxygens (including phenoxy) is 3. The highest BCUT2D eigenvalue weighted by Gasteiger charge is 2.25. The standard InChI is InChI=1S/C18H16F2N2O3/c1-23-16-8-10-21-11-15(16)14-3-2-9-22-17(14)24-12-4-6-13(7-5-12)25-18(19)20/h2-11,15-16,18H,1H3. The van der Waals surface area contributed by atoms with E-state index in [9.17, 15) is 8.78 Å². The van der Waals surface area contributed by atoms with E-state index < -0.39 is 6.61 Å². The molecule has 2 atom stereocenters. The number of aliphatic imine (C=N–C) groups is 1. The summed E-state index contributed by atoms with van der Waals surface area (Å²) in [5.41, 5.74) is 0.815. The minimum Gasteiger partial charge on any atom is -0.439 e. The van der Waals surface area contributed by atoms with Gasteiger partial charge in [-0.1, -0.05) is 6.07 Å². The van der Waals surface area contributed by atoms with Crippen molar-refractivity contribution in [2.45, 2.75) is 18.6 Å². The number of methoxy groups -OCH3 is 1. The molecule has 0 saturated heterocycles. The molecule has 25 heavy (non-hydrogen) atoms. The van der Waals surface area contributed by atoms with Gasteiger partial charge in [-0.3, -0.25) is 4.99 Å². The van der Waals surface area contributed by atoms with Gasteiger partial charge in [-0.25, -0.2) is 4.98 Å². The molecule has 0 aliphatic carbocycles. The van der Waals surface area contributed by atoms with Crippen LogP contribution in [0.4, 0.5) is 8.78 Å². The summed E-state index contributed by atoms with van der Waals surface area (Å²) in [6, 6.07) is 9.59. The SMILES string of the molecule is COC1C=CN=CC1c1cccnc1Oc1ccc(OC(F)F)cc1. The van der Waals surface area contributed by atoms with E-state index in [1.54, 1.807) is 43.9 Å². The Kier molecular flexibility index (Phi) is 5.35. The first-order valence-electron chi connectivity index (χ1n) is 7.58. The molecule has 0 bridgehead atoms. The minimum absolute atomic E-state index is 0.0626. The topological polar surface area (TPSA) is 52.9 Å². The van der Waals surface area contributed by atoms with E-state index >= 15 is 0 Å². The second kappa shape index (κ2) is 7.85. The van der Waals surface area contributed by atoms with Crippen molar-refractivity contribution in [2.75, 3.05) is 7.11 Å². The maximum absolute atomic E-state index is 12.2. The van der Waals surface area contributed by atoms with Crippen molar-refractivity contribution in [1.82, 2.24) is 4.98 Å². The first-order chi connectivity index (χ1) is 12.2. The average Bonchev–Trinajstić information content (AvgIpc) is 2.63. The molecule has 1 aromatic heterocycles. The lowest BCUT2D eigenvalue weighted by atomic mass is 9.94. The quantitative estimate of drug-likeness (QED) is 0.788. The molecule has 2 unspecified atom stereocenters. The van der Waals surface area contributed by atoms with Crippen LogP contribution in [0.2, 0.25) is 0 Å². The van der Waals surface area contributed by atoms with Crippen molar-refractivity contribution >= 4 is 6.21 Å². The van der Waals surface area contributed by atoms with Gasteiger partial charge in [0.2, 0.25) is 5.88 Å². The number of hydrogen-bond acceptors (Lipinski definition) is 5. The number of nitrogens with zero attached hydrogens (tertiary/aromatic N) is 2. The van der Waals surface area contributed by atoms with Crippen LogP contribution in [0.3, 0.4) is 0 Å². The monoisotopic (exact) mass is 346 g/mol. The van der Waals surface area contributed by atoms with E-state index in [0.29, 0.717) is 11.6 Å². The fourth-order valence-corrected chi connectivity index (χ4v) is 2.51. The molecular formula is C18H16F2N2O3. The summed E-state index contributed by atoms with van der Waals surface area (Å²) in [5, 5.41) is 0. The lowest BCUT2D eigenvalue weighted by molar-refractivity contribution is -0.0498. The molecule has 2 heterocycles. The second-order valence-electron chi connectivity index (χ2n) is 5.22. The third kappa shape index (κ3) is 4.19. The summed E-state index contributed by atoms with van der Waals surface area (Å²) in [6.07, 6.45) is 6.76. The van der Waals surface area contributed by atoms with Crippen molar-refractivity contribution in [3.05, 3.63) is 60.4 Å². The molecule has 0 radical (unpaired) electrons. The predicted octanol–water partition coefficient (Wildman–Crippen LogP) is 4.17. The van der Waals surface area contributed by atoms with Crippen LogP contribution in [-0.2, 0) is 4.74 Å². The number of aromatic nitrogens is 1. The number of hydrogen-bond donors (Lipinski definition) is 0. The molecule has 1 aromatic carbocycles. The Labute approximate surface area is 143 Å². The van der Waals surface area contributed by atoms with Gasteiger partial charge in [0, 0.05) is 31.3 Å². The Balaban J connectivity index is 1.81. The Morgan fingerprint density at radius 2 is 1.84 bits per heavy atom. The number of pyridine rings is 1. The van der Waals surface area contributed by atoms with Crippen molar-refractivity contribution in [3.63, 3.8) is 0 Å². The molecule has 5 nitrogen and oxygen atoms in total. The summed E-state index contributed by atoms with van der Waals surface area (Å²) < 4.78 is 40.0. The number of alkyl halides is 2. The molecule has 7 heteroatoms. The van der Waals surface area contributed by atoms with E-state index in [1.807, 2.05) is 12.1 Å². The van der Waals surface area contributed by atoms with Crippen LogP contribution in [-0.4, -0.2) is 31.0 Å². The van der Waals surface area contributed by atoms with Gasteiger partial charge in [0.15, 0.2) is 0 Å². The second-order valence-corrected chi connectivity index (χ2v) is 5.22. The van der Waals surface area contributed by atoms with Crippen LogP contribution in [0.1, 0.15) is 11.5 Å². The molecule has 0 amide bonds. The summed E-state index contributed by atoms with van der Waals surface area (Å²) in [5.74, 6) is 0.783. The zero-order valence-electron chi connectivity index (χ0n) is 13.4. The van der Waals surface area contributed by atoms with E-state index in [-0.39, 0.29) is 17.8 Å². The Bertz CT molecular complexity index is 763. The first-order valence-corrected chi connectivity index (χ1v) is 7.58. The highest BCUT2D eigenvalue weighted by atomic mass is 19.3. The molecule has 1 aliphatic rings.